The third kappa shape index (κ3) is 4.24. The van der Waals surface area contributed by atoms with Crippen LogP contribution in [-0.2, 0) is 13.1 Å². The Hall–Kier alpha value is -1.02. The summed E-state index contributed by atoms with van der Waals surface area (Å²) in [6, 6.07) is 3.95. The second kappa shape index (κ2) is 6.42. The Morgan fingerprint density at radius 1 is 1.37 bits per heavy atom. The maximum absolute atomic E-state index is 5.39. The summed E-state index contributed by atoms with van der Waals surface area (Å²) in [7, 11) is 2.05. The molecule has 102 valence electrons. The number of aromatic nitrogens is 2. The van der Waals surface area contributed by atoms with E-state index < -0.39 is 0 Å². The fourth-order valence-electron chi connectivity index (χ4n) is 1.77. The molecule has 0 aliphatic heterocycles. The Morgan fingerprint density at radius 2 is 2.16 bits per heavy atom. The lowest BCUT2D eigenvalue weighted by molar-refractivity contribution is 0.313. The standard InChI is InChI=1S/C12H16BrN5S/c1-8-3-11(17-14)16-12(15-8)6-18(2)5-10-4-9(13)7-19-10/h3-4,7H,5-6,14H2,1-2H3,(H,15,16,17). The number of hydrogen-bond acceptors (Lipinski definition) is 6. The molecule has 0 aromatic carbocycles. The number of rotatable bonds is 5. The van der Waals surface area contributed by atoms with Crippen molar-refractivity contribution < 1.29 is 0 Å². The number of nitrogens with zero attached hydrogens (tertiary/aromatic N) is 3. The number of hydrazine groups is 1. The van der Waals surface area contributed by atoms with Crippen molar-refractivity contribution in [2.75, 3.05) is 12.5 Å². The van der Waals surface area contributed by atoms with Crippen molar-refractivity contribution in [2.45, 2.75) is 20.0 Å². The Labute approximate surface area is 125 Å². The third-order valence-corrected chi connectivity index (χ3v) is 4.19. The lowest BCUT2D eigenvalue weighted by Crippen LogP contribution is -2.19. The van der Waals surface area contributed by atoms with Gasteiger partial charge in [-0.25, -0.2) is 15.8 Å². The van der Waals surface area contributed by atoms with Gasteiger partial charge in [-0.05, 0) is 36.0 Å². The average molecular weight is 342 g/mol. The maximum Gasteiger partial charge on any atom is 0.145 e. The van der Waals surface area contributed by atoms with Crippen molar-refractivity contribution >= 4 is 33.1 Å². The van der Waals surface area contributed by atoms with Crippen LogP contribution in [0, 0.1) is 6.92 Å². The Morgan fingerprint density at radius 3 is 2.79 bits per heavy atom. The topological polar surface area (TPSA) is 67.1 Å². The number of nitrogens with two attached hydrogens (primary N) is 1. The van der Waals surface area contributed by atoms with Gasteiger partial charge in [0.05, 0.1) is 6.54 Å². The summed E-state index contributed by atoms with van der Waals surface area (Å²) in [5.41, 5.74) is 3.47. The SMILES string of the molecule is Cc1cc(NN)nc(CN(C)Cc2cc(Br)cs2)n1. The molecule has 2 heterocycles. The summed E-state index contributed by atoms with van der Waals surface area (Å²) >= 11 is 5.20. The van der Waals surface area contributed by atoms with E-state index >= 15 is 0 Å². The number of nitrogen functional groups attached to an aromatic ring is 1. The van der Waals surface area contributed by atoms with E-state index in [0.717, 1.165) is 22.5 Å². The zero-order chi connectivity index (χ0) is 13.8. The summed E-state index contributed by atoms with van der Waals surface area (Å²) in [6.45, 7) is 3.49. The quantitative estimate of drug-likeness (QED) is 0.646. The van der Waals surface area contributed by atoms with Crippen molar-refractivity contribution in [3.63, 3.8) is 0 Å². The van der Waals surface area contributed by atoms with Crippen LogP contribution in [0.4, 0.5) is 5.82 Å². The van der Waals surface area contributed by atoms with Crippen LogP contribution in [0.5, 0.6) is 0 Å². The van der Waals surface area contributed by atoms with Gasteiger partial charge in [0, 0.05) is 33.0 Å². The summed E-state index contributed by atoms with van der Waals surface area (Å²) < 4.78 is 1.13. The van der Waals surface area contributed by atoms with Gasteiger partial charge in [0.25, 0.3) is 0 Å². The molecule has 0 amide bonds. The highest BCUT2D eigenvalue weighted by Gasteiger charge is 2.07. The van der Waals surface area contributed by atoms with Crippen LogP contribution in [0.15, 0.2) is 22.0 Å². The van der Waals surface area contributed by atoms with Gasteiger partial charge >= 0.3 is 0 Å². The van der Waals surface area contributed by atoms with Gasteiger partial charge in [0.15, 0.2) is 0 Å². The van der Waals surface area contributed by atoms with E-state index in [1.165, 1.54) is 4.88 Å². The Balaban J connectivity index is 2.02. The zero-order valence-corrected chi connectivity index (χ0v) is 13.3. The van der Waals surface area contributed by atoms with Crippen molar-refractivity contribution in [3.05, 3.63) is 38.4 Å². The molecule has 0 spiro atoms. The molecule has 19 heavy (non-hydrogen) atoms. The van der Waals surface area contributed by atoms with E-state index in [-0.39, 0.29) is 0 Å². The highest BCUT2D eigenvalue weighted by molar-refractivity contribution is 9.10. The molecular formula is C12H16BrN5S. The van der Waals surface area contributed by atoms with Gasteiger partial charge < -0.3 is 5.43 Å². The minimum Gasteiger partial charge on any atom is -0.308 e. The minimum absolute atomic E-state index is 0.648. The lowest BCUT2D eigenvalue weighted by atomic mass is 10.4. The molecule has 0 aliphatic carbocycles. The molecule has 7 heteroatoms. The van der Waals surface area contributed by atoms with E-state index in [1.54, 1.807) is 11.3 Å². The van der Waals surface area contributed by atoms with Gasteiger partial charge in [-0.2, -0.15) is 0 Å². The van der Waals surface area contributed by atoms with Crippen LogP contribution in [0.1, 0.15) is 16.4 Å². The molecule has 0 unspecified atom stereocenters. The predicted octanol–water partition coefficient (Wildman–Crippen LogP) is 2.53. The van der Waals surface area contributed by atoms with Crippen molar-refractivity contribution in [1.82, 2.24) is 14.9 Å². The molecule has 2 aromatic rings. The first-order chi connectivity index (χ1) is 9.06. The number of anilines is 1. The van der Waals surface area contributed by atoms with E-state index in [9.17, 15) is 0 Å². The average Bonchev–Trinajstić information content (AvgIpc) is 2.73. The Kier molecular flexibility index (Phi) is 4.87. The Bertz CT molecular complexity index is 557. The van der Waals surface area contributed by atoms with Crippen molar-refractivity contribution in [2.24, 2.45) is 5.84 Å². The van der Waals surface area contributed by atoms with Gasteiger partial charge in [0.1, 0.15) is 11.6 Å². The molecule has 0 bridgehead atoms. The molecule has 5 nitrogen and oxygen atoms in total. The van der Waals surface area contributed by atoms with E-state index in [0.29, 0.717) is 12.4 Å². The largest absolute Gasteiger partial charge is 0.308 e. The van der Waals surface area contributed by atoms with Crippen molar-refractivity contribution in [3.8, 4) is 0 Å². The van der Waals surface area contributed by atoms with Crippen LogP contribution in [-0.4, -0.2) is 21.9 Å². The summed E-state index contributed by atoms with van der Waals surface area (Å²) in [6.07, 6.45) is 0. The lowest BCUT2D eigenvalue weighted by Gasteiger charge is -2.15. The van der Waals surface area contributed by atoms with Gasteiger partial charge in [0.2, 0.25) is 0 Å². The van der Waals surface area contributed by atoms with Crippen LogP contribution in [0.25, 0.3) is 0 Å². The van der Waals surface area contributed by atoms with Crippen LogP contribution in [0.2, 0.25) is 0 Å². The summed E-state index contributed by atoms with van der Waals surface area (Å²) in [5.74, 6) is 6.80. The summed E-state index contributed by atoms with van der Waals surface area (Å²) in [4.78, 5) is 12.2. The third-order valence-electron chi connectivity index (χ3n) is 2.51. The number of aryl methyl sites for hydroxylation is 1. The normalized spacial score (nSPS) is 11.0. The number of halogens is 1. The first kappa shape index (κ1) is 14.4. The number of nitrogens with one attached hydrogen (secondary N) is 1. The number of hydrogen-bond donors (Lipinski definition) is 2. The minimum atomic E-state index is 0.648. The molecule has 0 saturated carbocycles. The fourth-order valence-corrected chi connectivity index (χ4v) is 3.30. The molecule has 0 aliphatic rings. The molecule has 2 aromatic heterocycles. The van der Waals surface area contributed by atoms with Crippen LogP contribution >= 0.6 is 27.3 Å². The smallest absolute Gasteiger partial charge is 0.145 e. The van der Waals surface area contributed by atoms with Crippen LogP contribution in [0.3, 0.4) is 0 Å². The molecular weight excluding hydrogens is 326 g/mol. The highest BCUT2D eigenvalue weighted by atomic mass is 79.9. The molecule has 0 atom stereocenters. The molecule has 0 radical (unpaired) electrons. The predicted molar refractivity (Wildman–Crippen MR) is 81.8 cm³/mol. The zero-order valence-electron chi connectivity index (χ0n) is 10.9. The molecule has 2 rings (SSSR count). The highest BCUT2D eigenvalue weighted by Crippen LogP contribution is 2.21. The second-order valence-corrected chi connectivity index (χ2v) is 6.27. The molecule has 0 fully saturated rings. The monoisotopic (exact) mass is 341 g/mol. The van der Waals surface area contributed by atoms with Crippen molar-refractivity contribution in [1.29, 1.82) is 0 Å². The van der Waals surface area contributed by atoms with Gasteiger partial charge in [-0.1, -0.05) is 0 Å². The maximum atomic E-state index is 5.39. The van der Waals surface area contributed by atoms with Gasteiger partial charge in [-0.15, -0.1) is 11.3 Å². The van der Waals surface area contributed by atoms with Crippen LogP contribution < -0.4 is 11.3 Å². The van der Waals surface area contributed by atoms with Gasteiger partial charge in [-0.3, -0.25) is 4.90 Å². The van der Waals surface area contributed by atoms with E-state index in [4.69, 9.17) is 5.84 Å². The number of thiophene rings is 1. The molecule has 3 N–H and O–H groups in total. The first-order valence-corrected chi connectivity index (χ1v) is 7.46. The fraction of sp³-hybridized carbons (Fsp3) is 0.333. The first-order valence-electron chi connectivity index (χ1n) is 5.79. The second-order valence-electron chi connectivity index (χ2n) is 4.36. The van der Waals surface area contributed by atoms with E-state index in [1.807, 2.05) is 13.0 Å². The van der Waals surface area contributed by atoms with E-state index in [2.05, 4.69) is 54.7 Å². The molecule has 0 saturated heterocycles. The summed E-state index contributed by atoms with van der Waals surface area (Å²) in [5, 5.41) is 2.09.